The second-order valence-electron chi connectivity index (χ2n) is 5.56. The molecule has 0 aliphatic carbocycles. The first-order valence-corrected chi connectivity index (χ1v) is 6.64. The predicted octanol–water partition coefficient (Wildman–Crippen LogP) is 1.93. The third kappa shape index (κ3) is 3.37. The molecule has 0 aromatic rings. The van der Waals surface area contributed by atoms with Crippen LogP contribution >= 0.6 is 0 Å². The molecular formula is C13H24N2O3. The fourth-order valence-corrected chi connectivity index (χ4v) is 2.35. The number of amides is 2. The highest BCUT2D eigenvalue weighted by Gasteiger charge is 2.31. The fourth-order valence-electron chi connectivity index (χ4n) is 2.35. The second-order valence-corrected chi connectivity index (χ2v) is 5.56. The lowest BCUT2D eigenvalue weighted by Crippen LogP contribution is -2.55. The lowest BCUT2D eigenvalue weighted by Gasteiger charge is -2.38. The SMILES string of the molecule is CC1CCCN(C(=O)N[C@H](C(=O)O)C(C)C)C1C. The molecule has 1 aliphatic rings. The molecule has 5 heteroatoms. The third-order valence-electron chi connectivity index (χ3n) is 3.85. The van der Waals surface area contributed by atoms with Crippen LogP contribution in [0.15, 0.2) is 0 Å². The predicted molar refractivity (Wildman–Crippen MR) is 69.4 cm³/mol. The average Bonchev–Trinajstić information content (AvgIpc) is 2.28. The van der Waals surface area contributed by atoms with Crippen molar-refractivity contribution >= 4 is 12.0 Å². The van der Waals surface area contributed by atoms with E-state index in [1.165, 1.54) is 0 Å². The normalized spacial score (nSPS) is 25.9. The zero-order chi connectivity index (χ0) is 13.9. The summed E-state index contributed by atoms with van der Waals surface area (Å²) in [5, 5.41) is 11.7. The number of hydrogen-bond donors (Lipinski definition) is 2. The summed E-state index contributed by atoms with van der Waals surface area (Å²) in [6.07, 6.45) is 2.11. The van der Waals surface area contributed by atoms with Crippen LogP contribution in [0.1, 0.15) is 40.5 Å². The fraction of sp³-hybridized carbons (Fsp3) is 0.846. The van der Waals surface area contributed by atoms with E-state index in [1.54, 1.807) is 18.7 Å². The number of carbonyl (C=O) groups excluding carboxylic acids is 1. The highest BCUT2D eigenvalue weighted by molar-refractivity contribution is 5.83. The standard InChI is InChI=1S/C13H24N2O3/c1-8(2)11(12(16)17)14-13(18)15-7-5-6-9(3)10(15)4/h8-11H,5-7H2,1-4H3,(H,14,18)(H,16,17)/t9?,10?,11-/m0/s1. The molecule has 0 bridgehead atoms. The zero-order valence-corrected chi connectivity index (χ0v) is 11.6. The van der Waals surface area contributed by atoms with Gasteiger partial charge in [-0.15, -0.1) is 0 Å². The molecule has 2 N–H and O–H groups in total. The largest absolute Gasteiger partial charge is 0.480 e. The molecule has 1 heterocycles. The summed E-state index contributed by atoms with van der Waals surface area (Å²) in [4.78, 5) is 25.0. The van der Waals surface area contributed by atoms with Crippen LogP contribution in [0.5, 0.6) is 0 Å². The van der Waals surface area contributed by atoms with Gasteiger partial charge in [0, 0.05) is 12.6 Å². The number of carboxylic acids is 1. The Morgan fingerprint density at radius 1 is 1.33 bits per heavy atom. The van der Waals surface area contributed by atoms with Gasteiger partial charge in [-0.3, -0.25) is 0 Å². The molecule has 104 valence electrons. The Balaban J connectivity index is 2.66. The van der Waals surface area contributed by atoms with E-state index in [2.05, 4.69) is 12.2 Å². The maximum Gasteiger partial charge on any atom is 0.326 e. The Kier molecular flexibility index (Phi) is 4.99. The van der Waals surface area contributed by atoms with Crippen LogP contribution in [0.3, 0.4) is 0 Å². The van der Waals surface area contributed by atoms with Gasteiger partial charge >= 0.3 is 12.0 Å². The van der Waals surface area contributed by atoms with Gasteiger partial charge in [0.2, 0.25) is 0 Å². The molecule has 0 spiro atoms. The summed E-state index contributed by atoms with van der Waals surface area (Å²) < 4.78 is 0. The summed E-state index contributed by atoms with van der Waals surface area (Å²) in [5.74, 6) is -0.633. The minimum Gasteiger partial charge on any atom is -0.480 e. The molecule has 5 nitrogen and oxygen atoms in total. The van der Waals surface area contributed by atoms with E-state index in [9.17, 15) is 9.59 Å². The number of piperidine rings is 1. The van der Waals surface area contributed by atoms with Gasteiger partial charge in [-0.2, -0.15) is 0 Å². The molecule has 1 aliphatic heterocycles. The number of likely N-dealkylation sites (tertiary alicyclic amines) is 1. The van der Waals surface area contributed by atoms with Crippen LogP contribution in [0.2, 0.25) is 0 Å². The van der Waals surface area contributed by atoms with E-state index in [0.29, 0.717) is 12.5 Å². The lowest BCUT2D eigenvalue weighted by molar-refractivity contribution is -0.140. The van der Waals surface area contributed by atoms with Gasteiger partial charge in [-0.05, 0) is 31.6 Å². The van der Waals surface area contributed by atoms with Crippen LogP contribution in [0, 0.1) is 11.8 Å². The topological polar surface area (TPSA) is 69.6 Å². The van der Waals surface area contributed by atoms with Gasteiger partial charge in [-0.1, -0.05) is 20.8 Å². The Hall–Kier alpha value is -1.26. The number of aliphatic carboxylic acids is 1. The van der Waals surface area contributed by atoms with E-state index in [-0.39, 0.29) is 18.0 Å². The molecule has 2 unspecified atom stereocenters. The highest BCUT2D eigenvalue weighted by atomic mass is 16.4. The van der Waals surface area contributed by atoms with Crippen LogP contribution < -0.4 is 5.32 Å². The van der Waals surface area contributed by atoms with Crippen LogP contribution in [0.4, 0.5) is 4.79 Å². The smallest absolute Gasteiger partial charge is 0.326 e. The van der Waals surface area contributed by atoms with Crippen molar-refractivity contribution in [3.05, 3.63) is 0 Å². The molecule has 0 radical (unpaired) electrons. The Morgan fingerprint density at radius 3 is 2.44 bits per heavy atom. The molecular weight excluding hydrogens is 232 g/mol. The minimum absolute atomic E-state index is 0.121. The van der Waals surface area contributed by atoms with Crippen molar-refractivity contribution in [1.82, 2.24) is 10.2 Å². The van der Waals surface area contributed by atoms with Crippen molar-refractivity contribution in [3.8, 4) is 0 Å². The molecule has 1 saturated heterocycles. The van der Waals surface area contributed by atoms with E-state index in [4.69, 9.17) is 5.11 Å². The molecule has 0 aromatic heterocycles. The van der Waals surface area contributed by atoms with Gasteiger partial charge in [0.15, 0.2) is 0 Å². The number of nitrogens with zero attached hydrogens (tertiary/aromatic N) is 1. The van der Waals surface area contributed by atoms with Crippen molar-refractivity contribution < 1.29 is 14.7 Å². The van der Waals surface area contributed by atoms with Gasteiger partial charge in [0.1, 0.15) is 6.04 Å². The molecule has 0 saturated carbocycles. The van der Waals surface area contributed by atoms with E-state index in [0.717, 1.165) is 12.8 Å². The molecule has 18 heavy (non-hydrogen) atoms. The van der Waals surface area contributed by atoms with Crippen LogP contribution in [-0.4, -0.2) is 40.6 Å². The Bertz CT molecular complexity index is 317. The quantitative estimate of drug-likeness (QED) is 0.810. The average molecular weight is 256 g/mol. The van der Waals surface area contributed by atoms with Gasteiger partial charge in [0.25, 0.3) is 0 Å². The number of hydrogen-bond acceptors (Lipinski definition) is 2. The van der Waals surface area contributed by atoms with E-state index >= 15 is 0 Å². The van der Waals surface area contributed by atoms with Crippen molar-refractivity contribution in [2.75, 3.05) is 6.54 Å². The summed E-state index contributed by atoms with van der Waals surface area (Å²) in [5.41, 5.74) is 0. The maximum absolute atomic E-state index is 12.1. The van der Waals surface area contributed by atoms with Crippen molar-refractivity contribution in [2.45, 2.75) is 52.6 Å². The monoisotopic (exact) mass is 256 g/mol. The number of nitrogens with one attached hydrogen (secondary N) is 1. The van der Waals surface area contributed by atoms with Crippen molar-refractivity contribution in [3.63, 3.8) is 0 Å². The number of carbonyl (C=O) groups is 2. The first kappa shape index (κ1) is 14.8. The van der Waals surface area contributed by atoms with Crippen molar-refractivity contribution in [2.24, 2.45) is 11.8 Å². The number of urea groups is 1. The second kappa shape index (κ2) is 6.07. The molecule has 1 rings (SSSR count). The molecule has 3 atom stereocenters. The first-order valence-electron chi connectivity index (χ1n) is 6.64. The summed E-state index contributed by atoms with van der Waals surface area (Å²) in [6, 6.07) is -0.905. The number of rotatable bonds is 3. The minimum atomic E-state index is -0.976. The van der Waals surface area contributed by atoms with Crippen LogP contribution in [0.25, 0.3) is 0 Å². The van der Waals surface area contributed by atoms with Gasteiger partial charge < -0.3 is 15.3 Å². The van der Waals surface area contributed by atoms with Crippen molar-refractivity contribution in [1.29, 1.82) is 0 Å². The summed E-state index contributed by atoms with van der Waals surface area (Å²) in [6.45, 7) is 8.44. The zero-order valence-electron chi connectivity index (χ0n) is 11.6. The summed E-state index contributed by atoms with van der Waals surface area (Å²) >= 11 is 0. The summed E-state index contributed by atoms with van der Waals surface area (Å²) in [7, 11) is 0. The number of carboxylic acid groups (broad SMARTS) is 1. The molecule has 1 fully saturated rings. The van der Waals surface area contributed by atoms with Crippen LogP contribution in [-0.2, 0) is 4.79 Å². The lowest BCUT2D eigenvalue weighted by atomic mass is 9.92. The third-order valence-corrected chi connectivity index (χ3v) is 3.85. The highest BCUT2D eigenvalue weighted by Crippen LogP contribution is 2.22. The first-order chi connectivity index (χ1) is 8.34. The molecule has 0 aromatic carbocycles. The Labute approximate surface area is 109 Å². The maximum atomic E-state index is 12.1. The Morgan fingerprint density at radius 2 is 1.94 bits per heavy atom. The van der Waals surface area contributed by atoms with E-state index in [1.807, 2.05) is 6.92 Å². The molecule has 2 amide bonds. The van der Waals surface area contributed by atoms with Gasteiger partial charge in [0.05, 0.1) is 0 Å². The van der Waals surface area contributed by atoms with E-state index < -0.39 is 12.0 Å². The van der Waals surface area contributed by atoms with Gasteiger partial charge in [-0.25, -0.2) is 9.59 Å².